The molecule has 0 aromatic heterocycles. The molecule has 120 valence electrons. The summed E-state index contributed by atoms with van der Waals surface area (Å²) in [5.74, 6) is -0.247. The first-order valence-electron chi connectivity index (χ1n) is 8.20. The van der Waals surface area contributed by atoms with E-state index in [9.17, 15) is 14.7 Å². The molecule has 2 atom stereocenters. The molecule has 0 heterocycles. The summed E-state index contributed by atoms with van der Waals surface area (Å²) in [5, 5.41) is 12.3. The van der Waals surface area contributed by atoms with Gasteiger partial charge in [-0.15, -0.1) is 0 Å². The molecule has 0 aromatic rings. The van der Waals surface area contributed by atoms with Gasteiger partial charge in [0.25, 0.3) is 0 Å². The predicted molar refractivity (Wildman–Crippen MR) is 81.1 cm³/mol. The van der Waals surface area contributed by atoms with Crippen LogP contribution in [0.5, 0.6) is 0 Å². The summed E-state index contributed by atoms with van der Waals surface area (Å²) in [6, 6.07) is 0.157. The lowest BCUT2D eigenvalue weighted by molar-refractivity contribution is -0.148. The van der Waals surface area contributed by atoms with Crippen LogP contribution in [-0.4, -0.2) is 41.6 Å². The number of carbonyl (C=O) groups excluding carboxylic acids is 1. The number of carbonyl (C=O) groups is 2. The number of hydrogen-bond acceptors (Lipinski definition) is 2. The zero-order valence-corrected chi connectivity index (χ0v) is 13.2. The van der Waals surface area contributed by atoms with Crippen LogP contribution in [0.15, 0.2) is 0 Å². The van der Waals surface area contributed by atoms with Crippen LogP contribution in [0.25, 0.3) is 0 Å². The van der Waals surface area contributed by atoms with Gasteiger partial charge >= 0.3 is 12.0 Å². The van der Waals surface area contributed by atoms with Gasteiger partial charge in [-0.25, -0.2) is 4.79 Å². The minimum Gasteiger partial charge on any atom is -0.481 e. The predicted octanol–water partition coefficient (Wildman–Crippen LogP) is 2.85. The Hall–Kier alpha value is -1.26. The maximum absolute atomic E-state index is 12.3. The number of urea groups is 1. The summed E-state index contributed by atoms with van der Waals surface area (Å²) in [5.41, 5.74) is -0.741. The van der Waals surface area contributed by atoms with Gasteiger partial charge in [0.1, 0.15) is 0 Å². The molecule has 0 aliphatic heterocycles. The Balaban J connectivity index is 1.90. The van der Waals surface area contributed by atoms with Gasteiger partial charge in [0, 0.05) is 19.6 Å². The van der Waals surface area contributed by atoms with Crippen LogP contribution in [0.4, 0.5) is 4.79 Å². The number of carboxylic acid groups (broad SMARTS) is 1. The topological polar surface area (TPSA) is 69.6 Å². The zero-order valence-electron chi connectivity index (χ0n) is 13.2. The molecule has 0 aromatic carbocycles. The molecule has 2 amide bonds. The highest BCUT2D eigenvalue weighted by molar-refractivity contribution is 5.78. The third kappa shape index (κ3) is 3.50. The molecule has 21 heavy (non-hydrogen) atoms. The smallest absolute Gasteiger partial charge is 0.317 e. The van der Waals surface area contributed by atoms with E-state index in [-0.39, 0.29) is 18.6 Å². The molecule has 5 heteroatoms. The molecular weight excluding hydrogens is 268 g/mol. The molecule has 0 bridgehead atoms. The molecule has 2 unspecified atom stereocenters. The highest BCUT2D eigenvalue weighted by Crippen LogP contribution is 2.37. The number of carboxylic acids is 1. The molecule has 0 saturated heterocycles. The normalized spacial score (nSPS) is 28.1. The molecule has 2 aliphatic carbocycles. The summed E-state index contributed by atoms with van der Waals surface area (Å²) in [6.07, 6.45) is 7.87. The van der Waals surface area contributed by atoms with Crippen molar-refractivity contribution in [2.45, 2.75) is 64.3 Å². The average molecular weight is 296 g/mol. The van der Waals surface area contributed by atoms with Gasteiger partial charge < -0.3 is 15.3 Å². The standard InChI is InChI=1S/C16H28N2O3/c1-12-7-3-4-8-13(12)18(2)15(21)17-11-16(14(19)20)9-5-6-10-16/h12-13H,3-11H2,1-2H3,(H,17,21)(H,19,20). The number of aliphatic carboxylic acids is 1. The van der Waals surface area contributed by atoms with Crippen molar-refractivity contribution in [1.29, 1.82) is 0 Å². The lowest BCUT2D eigenvalue weighted by Gasteiger charge is -2.36. The first kappa shape index (κ1) is 16.1. The number of hydrogen-bond donors (Lipinski definition) is 2. The van der Waals surface area contributed by atoms with Gasteiger partial charge in [0.2, 0.25) is 0 Å². The zero-order chi connectivity index (χ0) is 15.5. The van der Waals surface area contributed by atoms with E-state index in [4.69, 9.17) is 0 Å². The highest BCUT2D eigenvalue weighted by Gasteiger charge is 2.41. The Labute approximate surface area is 127 Å². The van der Waals surface area contributed by atoms with E-state index in [1.54, 1.807) is 4.90 Å². The van der Waals surface area contributed by atoms with E-state index in [2.05, 4.69) is 12.2 Å². The van der Waals surface area contributed by atoms with E-state index in [0.29, 0.717) is 18.8 Å². The largest absolute Gasteiger partial charge is 0.481 e. The Morgan fingerprint density at radius 3 is 2.38 bits per heavy atom. The van der Waals surface area contributed by atoms with Gasteiger partial charge in [-0.3, -0.25) is 4.79 Å². The Morgan fingerprint density at radius 1 is 1.19 bits per heavy atom. The van der Waals surface area contributed by atoms with Crippen molar-refractivity contribution in [3.63, 3.8) is 0 Å². The third-order valence-electron chi connectivity index (χ3n) is 5.48. The van der Waals surface area contributed by atoms with Crippen molar-refractivity contribution < 1.29 is 14.7 Å². The van der Waals surface area contributed by atoms with Crippen molar-refractivity contribution in [2.24, 2.45) is 11.3 Å². The van der Waals surface area contributed by atoms with E-state index < -0.39 is 11.4 Å². The van der Waals surface area contributed by atoms with Crippen LogP contribution < -0.4 is 5.32 Å². The number of rotatable bonds is 4. The fraction of sp³-hybridized carbons (Fsp3) is 0.875. The lowest BCUT2D eigenvalue weighted by Crippen LogP contribution is -2.50. The van der Waals surface area contributed by atoms with Crippen LogP contribution in [0.1, 0.15) is 58.3 Å². The minimum absolute atomic E-state index is 0.124. The van der Waals surface area contributed by atoms with Crippen LogP contribution >= 0.6 is 0 Å². The second kappa shape index (κ2) is 6.67. The SMILES string of the molecule is CC1CCCCC1N(C)C(=O)NCC1(C(=O)O)CCCC1. The number of amides is 2. The third-order valence-corrected chi connectivity index (χ3v) is 5.48. The maximum atomic E-state index is 12.3. The molecule has 2 N–H and O–H groups in total. The number of nitrogens with one attached hydrogen (secondary N) is 1. The van der Waals surface area contributed by atoms with Crippen LogP contribution in [0, 0.1) is 11.3 Å². The molecule has 0 spiro atoms. The van der Waals surface area contributed by atoms with E-state index >= 15 is 0 Å². The summed E-state index contributed by atoms with van der Waals surface area (Å²) in [4.78, 5) is 25.6. The number of nitrogens with zero attached hydrogens (tertiary/aromatic N) is 1. The van der Waals surface area contributed by atoms with Crippen molar-refractivity contribution in [3.8, 4) is 0 Å². The van der Waals surface area contributed by atoms with E-state index in [1.807, 2.05) is 7.05 Å². The second-order valence-corrected chi connectivity index (χ2v) is 6.89. The molecule has 2 rings (SSSR count). The monoisotopic (exact) mass is 296 g/mol. The van der Waals surface area contributed by atoms with Crippen LogP contribution in [-0.2, 0) is 4.79 Å². The summed E-state index contributed by atoms with van der Waals surface area (Å²) in [6.45, 7) is 2.45. The maximum Gasteiger partial charge on any atom is 0.317 e. The second-order valence-electron chi connectivity index (χ2n) is 6.89. The van der Waals surface area contributed by atoms with Gasteiger partial charge in [-0.2, -0.15) is 0 Å². The van der Waals surface area contributed by atoms with Gasteiger partial charge in [0.15, 0.2) is 0 Å². The van der Waals surface area contributed by atoms with Crippen LogP contribution in [0.3, 0.4) is 0 Å². The van der Waals surface area contributed by atoms with Crippen molar-refractivity contribution in [1.82, 2.24) is 10.2 Å². The quantitative estimate of drug-likeness (QED) is 0.838. The average Bonchev–Trinajstić information content (AvgIpc) is 2.95. The Morgan fingerprint density at radius 2 is 1.81 bits per heavy atom. The summed E-state index contributed by atoms with van der Waals surface area (Å²) in [7, 11) is 1.84. The van der Waals surface area contributed by atoms with Crippen molar-refractivity contribution in [3.05, 3.63) is 0 Å². The fourth-order valence-electron chi connectivity index (χ4n) is 3.91. The summed E-state index contributed by atoms with van der Waals surface area (Å²) < 4.78 is 0. The first-order chi connectivity index (χ1) is 9.96. The molecular formula is C16H28N2O3. The van der Waals surface area contributed by atoms with Gasteiger partial charge in [-0.05, 0) is 31.6 Å². The van der Waals surface area contributed by atoms with E-state index in [1.165, 1.54) is 19.3 Å². The Kier molecular flexibility index (Phi) is 5.12. The molecule has 2 aliphatic rings. The fourth-order valence-corrected chi connectivity index (χ4v) is 3.91. The highest BCUT2D eigenvalue weighted by atomic mass is 16.4. The minimum atomic E-state index is -0.769. The molecule has 2 fully saturated rings. The molecule has 5 nitrogen and oxygen atoms in total. The van der Waals surface area contributed by atoms with Crippen molar-refractivity contribution in [2.75, 3.05) is 13.6 Å². The Bertz CT molecular complexity index is 391. The summed E-state index contributed by atoms with van der Waals surface area (Å²) >= 11 is 0. The molecule has 2 saturated carbocycles. The van der Waals surface area contributed by atoms with E-state index in [0.717, 1.165) is 19.3 Å². The van der Waals surface area contributed by atoms with Crippen LogP contribution in [0.2, 0.25) is 0 Å². The molecule has 0 radical (unpaired) electrons. The van der Waals surface area contributed by atoms with Gasteiger partial charge in [-0.1, -0.05) is 32.6 Å². The van der Waals surface area contributed by atoms with Crippen molar-refractivity contribution >= 4 is 12.0 Å². The lowest BCUT2D eigenvalue weighted by atomic mass is 9.85. The first-order valence-corrected chi connectivity index (χ1v) is 8.20. The van der Waals surface area contributed by atoms with Gasteiger partial charge in [0.05, 0.1) is 5.41 Å².